The fourth-order valence-electron chi connectivity index (χ4n) is 2.20. The van der Waals surface area contributed by atoms with Crippen LogP contribution < -0.4 is 14.8 Å². The number of nitrogens with one attached hydrogen (secondary N) is 1. The minimum Gasteiger partial charge on any atom is -0.497 e. The van der Waals surface area contributed by atoms with Gasteiger partial charge in [-0.3, -0.25) is 4.79 Å². The van der Waals surface area contributed by atoms with Gasteiger partial charge in [0.25, 0.3) is 5.91 Å². The number of methoxy groups -OCH3 is 1. The Morgan fingerprint density at radius 2 is 1.91 bits per heavy atom. The summed E-state index contributed by atoms with van der Waals surface area (Å²) >= 11 is 5.88. The average Bonchev–Trinajstić information content (AvgIpc) is 2.58. The standard InChI is InChI=1S/C18H20ClNO3/c1-3-17(13-7-9-15(22-2)10-8-13)20-18(21)12-23-16-6-4-5-14(19)11-16/h4-11,17H,3,12H2,1-2H3,(H,20,21)/t17-/m0/s1. The SMILES string of the molecule is CC[C@H](NC(=O)COc1cccc(Cl)c1)c1ccc(OC)cc1. The van der Waals surface area contributed by atoms with Crippen LogP contribution in [-0.2, 0) is 4.79 Å². The molecule has 2 aromatic rings. The Balaban J connectivity index is 1.91. The molecule has 0 aliphatic carbocycles. The number of carbonyl (C=O) groups is 1. The Morgan fingerprint density at radius 1 is 1.17 bits per heavy atom. The number of rotatable bonds is 7. The Morgan fingerprint density at radius 3 is 2.52 bits per heavy atom. The quantitative estimate of drug-likeness (QED) is 0.833. The molecular weight excluding hydrogens is 314 g/mol. The molecule has 4 nitrogen and oxygen atoms in total. The summed E-state index contributed by atoms with van der Waals surface area (Å²) < 4.78 is 10.6. The number of ether oxygens (including phenoxy) is 2. The van der Waals surface area contributed by atoms with Crippen LogP contribution in [-0.4, -0.2) is 19.6 Å². The summed E-state index contributed by atoms with van der Waals surface area (Å²) in [5.74, 6) is 1.19. The summed E-state index contributed by atoms with van der Waals surface area (Å²) in [5, 5.41) is 3.54. The number of amides is 1. The lowest BCUT2D eigenvalue weighted by Crippen LogP contribution is -2.32. The van der Waals surface area contributed by atoms with Crippen LogP contribution in [0.3, 0.4) is 0 Å². The molecule has 5 heteroatoms. The molecule has 0 unspecified atom stereocenters. The first-order chi connectivity index (χ1) is 11.1. The van der Waals surface area contributed by atoms with E-state index in [9.17, 15) is 4.79 Å². The van der Waals surface area contributed by atoms with Crippen molar-refractivity contribution in [3.05, 3.63) is 59.1 Å². The highest BCUT2D eigenvalue weighted by Crippen LogP contribution is 2.20. The molecule has 0 saturated heterocycles. The Hall–Kier alpha value is -2.20. The van der Waals surface area contributed by atoms with Crippen LogP contribution in [0.1, 0.15) is 24.9 Å². The van der Waals surface area contributed by atoms with Gasteiger partial charge in [-0.1, -0.05) is 36.7 Å². The van der Waals surface area contributed by atoms with Crippen LogP contribution in [0, 0.1) is 0 Å². The minimum atomic E-state index is -0.173. The third-order valence-electron chi connectivity index (χ3n) is 3.43. The van der Waals surface area contributed by atoms with E-state index in [-0.39, 0.29) is 18.6 Å². The molecule has 0 heterocycles. The topological polar surface area (TPSA) is 47.6 Å². The Bertz CT molecular complexity index is 643. The van der Waals surface area contributed by atoms with E-state index >= 15 is 0 Å². The normalized spacial score (nSPS) is 11.6. The Kier molecular flexibility index (Phi) is 6.29. The molecule has 2 rings (SSSR count). The van der Waals surface area contributed by atoms with E-state index in [2.05, 4.69) is 5.32 Å². The van der Waals surface area contributed by atoms with Crippen molar-refractivity contribution in [2.75, 3.05) is 13.7 Å². The van der Waals surface area contributed by atoms with Gasteiger partial charge < -0.3 is 14.8 Å². The molecular formula is C18H20ClNO3. The zero-order valence-corrected chi connectivity index (χ0v) is 14.0. The third kappa shape index (κ3) is 5.18. The predicted molar refractivity (Wildman–Crippen MR) is 91.1 cm³/mol. The second-order valence-electron chi connectivity index (χ2n) is 5.05. The van der Waals surface area contributed by atoms with Crippen LogP contribution in [0.15, 0.2) is 48.5 Å². The van der Waals surface area contributed by atoms with E-state index in [4.69, 9.17) is 21.1 Å². The second-order valence-corrected chi connectivity index (χ2v) is 5.48. The molecule has 0 aliphatic rings. The first-order valence-electron chi connectivity index (χ1n) is 7.44. The molecule has 0 fully saturated rings. The fourth-order valence-corrected chi connectivity index (χ4v) is 2.38. The Labute approximate surface area is 141 Å². The molecule has 0 saturated carbocycles. The van der Waals surface area contributed by atoms with Crippen molar-refractivity contribution in [3.8, 4) is 11.5 Å². The van der Waals surface area contributed by atoms with Gasteiger partial charge in [0, 0.05) is 5.02 Å². The third-order valence-corrected chi connectivity index (χ3v) is 3.66. The molecule has 23 heavy (non-hydrogen) atoms. The van der Waals surface area contributed by atoms with Gasteiger partial charge in [0.2, 0.25) is 0 Å². The summed E-state index contributed by atoms with van der Waals surface area (Å²) in [5.41, 5.74) is 1.03. The van der Waals surface area contributed by atoms with Crippen molar-refractivity contribution < 1.29 is 14.3 Å². The summed E-state index contributed by atoms with van der Waals surface area (Å²) in [6.07, 6.45) is 0.787. The summed E-state index contributed by atoms with van der Waals surface area (Å²) in [4.78, 5) is 12.1. The predicted octanol–water partition coefficient (Wildman–Crippen LogP) is 3.99. The van der Waals surface area contributed by atoms with Crippen molar-refractivity contribution >= 4 is 17.5 Å². The van der Waals surface area contributed by atoms with Gasteiger partial charge in [-0.05, 0) is 42.3 Å². The van der Waals surface area contributed by atoms with Crippen LogP contribution in [0.4, 0.5) is 0 Å². The highest BCUT2D eigenvalue weighted by molar-refractivity contribution is 6.30. The van der Waals surface area contributed by atoms with Crippen molar-refractivity contribution in [1.82, 2.24) is 5.32 Å². The van der Waals surface area contributed by atoms with E-state index in [1.54, 1.807) is 31.4 Å². The fraction of sp³-hybridized carbons (Fsp3) is 0.278. The maximum absolute atomic E-state index is 12.1. The van der Waals surface area contributed by atoms with Gasteiger partial charge in [0.15, 0.2) is 6.61 Å². The lowest BCUT2D eigenvalue weighted by molar-refractivity contribution is -0.123. The number of carbonyl (C=O) groups excluding carboxylic acids is 1. The zero-order chi connectivity index (χ0) is 16.7. The van der Waals surface area contributed by atoms with Crippen LogP contribution in [0.25, 0.3) is 0 Å². The molecule has 0 bridgehead atoms. The summed E-state index contributed by atoms with van der Waals surface area (Å²) in [7, 11) is 1.63. The first kappa shape index (κ1) is 17.2. The van der Waals surface area contributed by atoms with Crippen molar-refractivity contribution in [1.29, 1.82) is 0 Å². The molecule has 122 valence electrons. The molecule has 1 N–H and O–H groups in total. The van der Waals surface area contributed by atoms with Gasteiger partial charge in [0.05, 0.1) is 13.2 Å². The smallest absolute Gasteiger partial charge is 0.258 e. The van der Waals surface area contributed by atoms with Gasteiger partial charge >= 0.3 is 0 Å². The highest BCUT2D eigenvalue weighted by Gasteiger charge is 2.13. The van der Waals surface area contributed by atoms with E-state index in [1.807, 2.05) is 31.2 Å². The molecule has 2 aromatic carbocycles. The molecule has 1 atom stereocenters. The molecule has 1 amide bonds. The summed E-state index contributed by atoms with van der Waals surface area (Å²) in [6.45, 7) is 1.97. The first-order valence-corrected chi connectivity index (χ1v) is 7.82. The van der Waals surface area contributed by atoms with Crippen molar-refractivity contribution in [2.24, 2.45) is 0 Å². The van der Waals surface area contributed by atoms with Crippen LogP contribution in [0.5, 0.6) is 11.5 Å². The number of hydrogen-bond acceptors (Lipinski definition) is 3. The molecule has 0 aromatic heterocycles. The van der Waals surface area contributed by atoms with E-state index in [0.29, 0.717) is 10.8 Å². The van der Waals surface area contributed by atoms with Crippen LogP contribution in [0.2, 0.25) is 5.02 Å². The zero-order valence-electron chi connectivity index (χ0n) is 13.2. The average molecular weight is 334 g/mol. The van der Waals surface area contributed by atoms with Gasteiger partial charge in [-0.15, -0.1) is 0 Å². The molecule has 0 radical (unpaired) electrons. The second kappa shape index (κ2) is 8.44. The van der Waals surface area contributed by atoms with Gasteiger partial charge in [0.1, 0.15) is 11.5 Å². The lowest BCUT2D eigenvalue weighted by atomic mass is 10.0. The minimum absolute atomic E-state index is 0.0486. The van der Waals surface area contributed by atoms with Gasteiger partial charge in [-0.2, -0.15) is 0 Å². The largest absolute Gasteiger partial charge is 0.497 e. The maximum Gasteiger partial charge on any atom is 0.258 e. The number of benzene rings is 2. The molecule has 0 aliphatic heterocycles. The number of halogens is 1. The van der Waals surface area contributed by atoms with Gasteiger partial charge in [-0.25, -0.2) is 0 Å². The lowest BCUT2D eigenvalue weighted by Gasteiger charge is -2.18. The van der Waals surface area contributed by atoms with E-state index < -0.39 is 0 Å². The van der Waals surface area contributed by atoms with Crippen molar-refractivity contribution in [2.45, 2.75) is 19.4 Å². The van der Waals surface area contributed by atoms with Crippen LogP contribution >= 0.6 is 11.6 Å². The maximum atomic E-state index is 12.1. The van der Waals surface area contributed by atoms with E-state index in [1.165, 1.54) is 0 Å². The van der Waals surface area contributed by atoms with Crippen molar-refractivity contribution in [3.63, 3.8) is 0 Å². The van der Waals surface area contributed by atoms with E-state index in [0.717, 1.165) is 17.7 Å². The summed E-state index contributed by atoms with van der Waals surface area (Å²) in [6, 6.07) is 14.6. The monoisotopic (exact) mass is 333 g/mol. The highest BCUT2D eigenvalue weighted by atomic mass is 35.5. The molecule has 0 spiro atoms. The number of hydrogen-bond donors (Lipinski definition) is 1.